The van der Waals surface area contributed by atoms with Crippen molar-refractivity contribution < 1.29 is 9.53 Å². The first kappa shape index (κ1) is 14.1. The Morgan fingerprint density at radius 1 is 1.05 bits per heavy atom. The van der Waals surface area contributed by atoms with Gasteiger partial charge in [-0.3, -0.25) is 9.79 Å². The largest absolute Gasteiger partial charge is 0.378 e. The van der Waals surface area contributed by atoms with Crippen LogP contribution in [0.3, 0.4) is 0 Å². The Bertz CT molecular complexity index is 321. The molecule has 0 radical (unpaired) electrons. The molecule has 0 atom stereocenters. The summed E-state index contributed by atoms with van der Waals surface area (Å²) in [5.74, 6) is 0.743. The second-order valence-electron chi connectivity index (χ2n) is 5.03. The molecule has 0 aromatic carbocycles. The number of hydrogen-bond donors (Lipinski definition) is 1. The number of carbonyl (C=O) groups excluding carboxylic acids is 1. The monoisotopic (exact) mass is 268 g/mol. The fraction of sp³-hybridized carbons (Fsp3) is 0.846. The maximum atomic E-state index is 11.9. The number of nitrogens with zero attached hydrogens (tertiary/aromatic N) is 3. The van der Waals surface area contributed by atoms with Gasteiger partial charge in [-0.2, -0.15) is 0 Å². The number of rotatable bonds is 3. The predicted molar refractivity (Wildman–Crippen MR) is 73.9 cm³/mol. The zero-order valence-corrected chi connectivity index (χ0v) is 11.5. The van der Waals surface area contributed by atoms with Crippen molar-refractivity contribution in [3.05, 3.63) is 0 Å². The second-order valence-corrected chi connectivity index (χ2v) is 5.03. The van der Waals surface area contributed by atoms with E-state index in [0.717, 1.165) is 39.0 Å². The van der Waals surface area contributed by atoms with Gasteiger partial charge in [-0.05, 0) is 19.3 Å². The van der Waals surface area contributed by atoms with Crippen LogP contribution in [0.15, 0.2) is 4.99 Å². The van der Waals surface area contributed by atoms with Gasteiger partial charge in [0.2, 0.25) is 5.91 Å². The Hall–Kier alpha value is -1.30. The number of morpholine rings is 1. The molecular weight excluding hydrogens is 244 g/mol. The van der Waals surface area contributed by atoms with Gasteiger partial charge in [0.1, 0.15) is 0 Å². The zero-order valence-electron chi connectivity index (χ0n) is 11.5. The van der Waals surface area contributed by atoms with E-state index in [2.05, 4.69) is 4.99 Å². The average molecular weight is 268 g/mol. The van der Waals surface area contributed by atoms with Gasteiger partial charge in [-0.15, -0.1) is 0 Å². The molecule has 19 heavy (non-hydrogen) atoms. The van der Waals surface area contributed by atoms with Crippen LogP contribution >= 0.6 is 0 Å². The number of ether oxygens (including phenoxy) is 1. The van der Waals surface area contributed by atoms with Crippen LogP contribution in [0.1, 0.15) is 25.7 Å². The SMILES string of the molecule is NC(=NCCC(=O)N1CCCCC1)N1CCOCC1. The number of nitrogens with two attached hydrogens (primary N) is 1. The summed E-state index contributed by atoms with van der Waals surface area (Å²) in [6.45, 7) is 5.26. The van der Waals surface area contributed by atoms with E-state index in [4.69, 9.17) is 10.5 Å². The fourth-order valence-corrected chi connectivity index (χ4v) is 2.46. The molecule has 0 aromatic heterocycles. The Kier molecular flexibility index (Phi) is 5.44. The van der Waals surface area contributed by atoms with Gasteiger partial charge in [0, 0.05) is 32.6 Å². The summed E-state index contributed by atoms with van der Waals surface area (Å²) in [6.07, 6.45) is 3.97. The quantitative estimate of drug-likeness (QED) is 0.579. The lowest BCUT2D eigenvalue weighted by atomic mass is 10.1. The molecule has 2 saturated heterocycles. The van der Waals surface area contributed by atoms with Crippen LogP contribution < -0.4 is 5.73 Å². The van der Waals surface area contributed by atoms with Crippen molar-refractivity contribution in [1.29, 1.82) is 0 Å². The third-order valence-electron chi connectivity index (χ3n) is 3.64. The number of likely N-dealkylation sites (tertiary alicyclic amines) is 1. The summed E-state index contributed by atoms with van der Waals surface area (Å²) in [5.41, 5.74) is 5.91. The number of piperidine rings is 1. The van der Waals surface area contributed by atoms with Gasteiger partial charge in [0.05, 0.1) is 19.8 Å². The lowest BCUT2D eigenvalue weighted by Crippen LogP contribution is -2.45. The molecule has 2 heterocycles. The first-order valence-electron chi connectivity index (χ1n) is 7.18. The second kappa shape index (κ2) is 7.33. The fourth-order valence-electron chi connectivity index (χ4n) is 2.46. The van der Waals surface area contributed by atoms with E-state index < -0.39 is 0 Å². The van der Waals surface area contributed by atoms with Crippen LogP contribution in [0.2, 0.25) is 0 Å². The van der Waals surface area contributed by atoms with Crippen molar-refractivity contribution in [3.8, 4) is 0 Å². The summed E-state index contributed by atoms with van der Waals surface area (Å²) in [5, 5.41) is 0. The van der Waals surface area contributed by atoms with E-state index >= 15 is 0 Å². The maximum Gasteiger partial charge on any atom is 0.224 e. The van der Waals surface area contributed by atoms with Gasteiger partial charge < -0.3 is 20.3 Å². The third kappa shape index (κ3) is 4.38. The lowest BCUT2D eigenvalue weighted by molar-refractivity contribution is -0.131. The first-order chi connectivity index (χ1) is 9.27. The molecule has 2 rings (SSSR count). The van der Waals surface area contributed by atoms with Crippen LogP contribution in [0.4, 0.5) is 0 Å². The van der Waals surface area contributed by atoms with Crippen molar-refractivity contribution in [3.63, 3.8) is 0 Å². The molecule has 0 bridgehead atoms. The standard InChI is InChI=1S/C13H24N4O2/c14-13(17-8-10-19-11-9-17)15-5-4-12(18)16-6-2-1-3-7-16/h1-11H2,(H2,14,15). The Morgan fingerprint density at radius 3 is 2.42 bits per heavy atom. The molecule has 6 nitrogen and oxygen atoms in total. The molecule has 2 aliphatic heterocycles. The Labute approximate surface area is 114 Å². The Balaban J connectivity index is 1.70. The number of hydrogen-bond acceptors (Lipinski definition) is 3. The molecule has 1 amide bonds. The summed E-state index contributed by atoms with van der Waals surface area (Å²) < 4.78 is 5.26. The summed E-state index contributed by atoms with van der Waals surface area (Å²) in [4.78, 5) is 20.2. The van der Waals surface area contributed by atoms with Crippen LogP contribution in [-0.2, 0) is 9.53 Å². The molecule has 2 aliphatic rings. The number of aliphatic imine (C=N–C) groups is 1. The molecule has 2 fully saturated rings. The van der Waals surface area contributed by atoms with Crippen LogP contribution in [0.5, 0.6) is 0 Å². The van der Waals surface area contributed by atoms with E-state index in [1.807, 2.05) is 9.80 Å². The maximum absolute atomic E-state index is 11.9. The van der Waals surface area contributed by atoms with Gasteiger partial charge in [0.25, 0.3) is 0 Å². The number of amides is 1. The van der Waals surface area contributed by atoms with E-state index in [-0.39, 0.29) is 5.91 Å². The average Bonchev–Trinajstić information content (AvgIpc) is 2.49. The highest BCUT2D eigenvalue weighted by Crippen LogP contribution is 2.09. The molecule has 0 aromatic rings. The summed E-state index contributed by atoms with van der Waals surface area (Å²) in [6, 6.07) is 0. The molecule has 0 unspecified atom stereocenters. The minimum atomic E-state index is 0.207. The molecule has 0 aliphatic carbocycles. The molecule has 2 N–H and O–H groups in total. The minimum absolute atomic E-state index is 0.207. The molecule has 108 valence electrons. The molecular formula is C13H24N4O2. The van der Waals surface area contributed by atoms with Gasteiger partial charge in [-0.1, -0.05) is 0 Å². The van der Waals surface area contributed by atoms with Crippen molar-refractivity contribution >= 4 is 11.9 Å². The zero-order chi connectivity index (χ0) is 13.5. The van der Waals surface area contributed by atoms with Gasteiger partial charge in [0.15, 0.2) is 5.96 Å². The van der Waals surface area contributed by atoms with Crippen LogP contribution in [0.25, 0.3) is 0 Å². The van der Waals surface area contributed by atoms with Crippen LogP contribution in [0, 0.1) is 0 Å². The highest BCUT2D eigenvalue weighted by Gasteiger charge is 2.16. The van der Waals surface area contributed by atoms with Gasteiger partial charge >= 0.3 is 0 Å². The minimum Gasteiger partial charge on any atom is -0.378 e. The predicted octanol–water partition coefficient (Wildman–Crippen LogP) is 0.0359. The van der Waals surface area contributed by atoms with Crippen molar-refractivity contribution in [2.75, 3.05) is 45.9 Å². The third-order valence-corrected chi connectivity index (χ3v) is 3.64. The highest BCUT2D eigenvalue weighted by atomic mass is 16.5. The van der Waals surface area contributed by atoms with E-state index in [1.54, 1.807) is 0 Å². The van der Waals surface area contributed by atoms with E-state index in [1.165, 1.54) is 6.42 Å². The molecule has 6 heteroatoms. The smallest absolute Gasteiger partial charge is 0.224 e. The molecule has 0 spiro atoms. The topological polar surface area (TPSA) is 71.2 Å². The van der Waals surface area contributed by atoms with Crippen LogP contribution in [-0.4, -0.2) is 67.6 Å². The Morgan fingerprint density at radius 2 is 1.74 bits per heavy atom. The van der Waals surface area contributed by atoms with Crippen molar-refractivity contribution in [1.82, 2.24) is 9.80 Å². The first-order valence-corrected chi connectivity index (χ1v) is 7.18. The van der Waals surface area contributed by atoms with Crippen molar-refractivity contribution in [2.45, 2.75) is 25.7 Å². The number of guanidine groups is 1. The normalized spacial score (nSPS) is 21.6. The lowest BCUT2D eigenvalue weighted by Gasteiger charge is -2.28. The van der Waals surface area contributed by atoms with E-state index in [9.17, 15) is 4.79 Å². The summed E-state index contributed by atoms with van der Waals surface area (Å²) >= 11 is 0. The highest BCUT2D eigenvalue weighted by molar-refractivity contribution is 5.79. The summed E-state index contributed by atoms with van der Waals surface area (Å²) in [7, 11) is 0. The number of carbonyl (C=O) groups is 1. The van der Waals surface area contributed by atoms with Gasteiger partial charge in [-0.25, -0.2) is 0 Å². The van der Waals surface area contributed by atoms with E-state index in [0.29, 0.717) is 32.1 Å². The molecule has 0 saturated carbocycles. The van der Waals surface area contributed by atoms with Crippen molar-refractivity contribution in [2.24, 2.45) is 10.7 Å².